The lowest BCUT2D eigenvalue weighted by Crippen LogP contribution is -2.11. The summed E-state index contributed by atoms with van der Waals surface area (Å²) < 4.78 is 21.4. The summed E-state index contributed by atoms with van der Waals surface area (Å²) in [5.74, 6) is 0. The summed E-state index contributed by atoms with van der Waals surface area (Å²) in [5.41, 5.74) is 0.714. The minimum absolute atomic E-state index is 0.336. The summed E-state index contributed by atoms with van der Waals surface area (Å²) >= 11 is -2.15. The number of hydrogen-bond donors (Lipinski definition) is 0. The molecule has 0 N–H and O–H groups in total. The minimum Gasteiger partial charge on any atom is -0.768 e. The van der Waals surface area contributed by atoms with Crippen LogP contribution in [0.3, 0.4) is 0 Å². The Morgan fingerprint density at radius 1 is 1.33 bits per heavy atom. The molecule has 0 fully saturated rings. The van der Waals surface area contributed by atoms with E-state index < -0.39 is 11.1 Å². The molecule has 1 unspecified atom stereocenters. The van der Waals surface area contributed by atoms with Gasteiger partial charge in [0.05, 0.1) is 5.69 Å². The molecule has 12 heavy (non-hydrogen) atoms. The van der Waals surface area contributed by atoms with Gasteiger partial charge in [-0.3, -0.25) is 4.21 Å². The Bertz CT molecular complexity index is 299. The van der Waals surface area contributed by atoms with Gasteiger partial charge in [0.2, 0.25) is 0 Å². The normalized spacial score (nSPS) is 12.6. The van der Waals surface area contributed by atoms with E-state index in [0.29, 0.717) is 10.6 Å². The van der Waals surface area contributed by atoms with E-state index in [9.17, 15) is 8.76 Å². The lowest BCUT2D eigenvalue weighted by Gasteiger charge is -2.18. The molecule has 0 bridgehead atoms. The first-order chi connectivity index (χ1) is 5.63. The molecule has 1 rings (SSSR count). The molecule has 1 aromatic rings. The van der Waals surface area contributed by atoms with Crippen molar-refractivity contribution in [3.63, 3.8) is 0 Å². The summed E-state index contributed by atoms with van der Waals surface area (Å²) in [6, 6.07) is 6.87. The third-order valence-corrected chi connectivity index (χ3v) is 2.23. The van der Waals surface area contributed by atoms with E-state index in [-0.39, 0.29) is 0 Å². The summed E-state index contributed by atoms with van der Waals surface area (Å²) in [7, 11) is 3.62. The van der Waals surface area contributed by atoms with Crippen LogP contribution in [0, 0.1) is 0 Å². The van der Waals surface area contributed by atoms with Gasteiger partial charge >= 0.3 is 0 Å². The maximum Gasteiger partial charge on any atom is 0.0513 e. The van der Waals surface area contributed by atoms with Crippen LogP contribution in [0.15, 0.2) is 29.2 Å². The number of benzene rings is 1. The quantitative estimate of drug-likeness (QED) is 0.644. The summed E-state index contributed by atoms with van der Waals surface area (Å²) in [5, 5.41) is 0. The van der Waals surface area contributed by atoms with Crippen molar-refractivity contribution in [2.24, 2.45) is 0 Å². The molecule has 1 aromatic carbocycles. The topological polar surface area (TPSA) is 43.4 Å². The Morgan fingerprint density at radius 3 is 2.33 bits per heavy atom. The molecule has 1 atom stereocenters. The zero-order chi connectivity index (χ0) is 9.14. The fourth-order valence-corrected chi connectivity index (χ4v) is 1.58. The van der Waals surface area contributed by atoms with Crippen molar-refractivity contribution in [3.05, 3.63) is 24.3 Å². The van der Waals surface area contributed by atoms with Crippen LogP contribution < -0.4 is 4.90 Å². The van der Waals surface area contributed by atoms with Crippen molar-refractivity contribution in [3.8, 4) is 0 Å². The molecular formula is C8H10NO2S-. The molecule has 0 aromatic heterocycles. The van der Waals surface area contributed by atoms with Crippen molar-refractivity contribution >= 4 is 16.8 Å². The third kappa shape index (κ3) is 1.84. The van der Waals surface area contributed by atoms with Crippen molar-refractivity contribution in [2.75, 3.05) is 19.0 Å². The second-order valence-electron chi connectivity index (χ2n) is 2.60. The summed E-state index contributed by atoms with van der Waals surface area (Å²) in [4.78, 5) is 2.10. The molecular weight excluding hydrogens is 174 g/mol. The largest absolute Gasteiger partial charge is 0.768 e. The lowest BCUT2D eigenvalue weighted by atomic mass is 10.3. The van der Waals surface area contributed by atoms with E-state index in [1.54, 1.807) is 23.1 Å². The maximum atomic E-state index is 10.7. The molecule has 3 nitrogen and oxygen atoms in total. The van der Waals surface area contributed by atoms with Gasteiger partial charge in [0, 0.05) is 19.0 Å². The van der Waals surface area contributed by atoms with Gasteiger partial charge in [0.25, 0.3) is 0 Å². The molecule has 0 aliphatic carbocycles. The number of rotatable bonds is 2. The second kappa shape index (κ2) is 3.69. The van der Waals surface area contributed by atoms with E-state index in [1.807, 2.05) is 20.2 Å². The number of anilines is 1. The number of hydrogen-bond acceptors (Lipinski definition) is 3. The van der Waals surface area contributed by atoms with E-state index in [4.69, 9.17) is 0 Å². The Kier molecular flexibility index (Phi) is 2.83. The van der Waals surface area contributed by atoms with Gasteiger partial charge in [-0.1, -0.05) is 12.1 Å². The zero-order valence-corrected chi connectivity index (χ0v) is 7.80. The Morgan fingerprint density at radius 2 is 1.92 bits per heavy atom. The molecule has 0 aliphatic heterocycles. The van der Waals surface area contributed by atoms with Crippen LogP contribution in [0.1, 0.15) is 0 Å². The van der Waals surface area contributed by atoms with Crippen molar-refractivity contribution < 1.29 is 8.76 Å². The monoisotopic (exact) mass is 184 g/mol. The van der Waals surface area contributed by atoms with E-state index in [2.05, 4.69) is 0 Å². The molecule has 4 heteroatoms. The van der Waals surface area contributed by atoms with Crippen LogP contribution in [0.5, 0.6) is 0 Å². The molecule has 0 saturated carbocycles. The maximum absolute atomic E-state index is 10.7. The highest BCUT2D eigenvalue weighted by Crippen LogP contribution is 2.19. The van der Waals surface area contributed by atoms with E-state index in [0.717, 1.165) is 0 Å². The standard InChI is InChI=1S/C8H11NO2S/c1-9(2)7-5-3-4-6-8(7)12(10)11/h3-6H,1-2H3,(H,10,11)/p-1. The number of para-hydroxylation sites is 1. The van der Waals surface area contributed by atoms with Crippen LogP contribution in [0.4, 0.5) is 5.69 Å². The van der Waals surface area contributed by atoms with Crippen LogP contribution in [-0.2, 0) is 11.1 Å². The number of nitrogens with zero attached hydrogens (tertiary/aromatic N) is 1. The van der Waals surface area contributed by atoms with Crippen LogP contribution in [-0.4, -0.2) is 22.9 Å². The van der Waals surface area contributed by atoms with Crippen LogP contribution in [0.25, 0.3) is 0 Å². The predicted octanol–water partition coefficient (Wildman–Crippen LogP) is 0.991. The van der Waals surface area contributed by atoms with Gasteiger partial charge in [-0.15, -0.1) is 0 Å². The van der Waals surface area contributed by atoms with Crippen molar-refractivity contribution in [1.29, 1.82) is 0 Å². The Balaban J connectivity index is 3.17. The van der Waals surface area contributed by atoms with E-state index >= 15 is 0 Å². The average molecular weight is 184 g/mol. The minimum atomic E-state index is -2.15. The van der Waals surface area contributed by atoms with Crippen LogP contribution >= 0.6 is 0 Å². The molecule has 0 spiro atoms. The molecule has 0 heterocycles. The molecule has 0 saturated heterocycles. The first kappa shape index (κ1) is 9.22. The van der Waals surface area contributed by atoms with Gasteiger partial charge in [-0.25, -0.2) is 0 Å². The Labute approximate surface area is 74.3 Å². The van der Waals surface area contributed by atoms with Gasteiger partial charge < -0.3 is 9.45 Å². The molecule has 0 radical (unpaired) electrons. The first-order valence-corrected chi connectivity index (χ1v) is 4.56. The summed E-state index contributed by atoms with van der Waals surface area (Å²) in [6.45, 7) is 0. The highest BCUT2D eigenvalue weighted by Gasteiger charge is 2.02. The van der Waals surface area contributed by atoms with Gasteiger partial charge in [0.15, 0.2) is 0 Å². The molecule has 0 amide bonds. The zero-order valence-electron chi connectivity index (χ0n) is 6.98. The van der Waals surface area contributed by atoms with Gasteiger partial charge in [-0.2, -0.15) is 0 Å². The Hall–Kier alpha value is -0.870. The fraction of sp³-hybridized carbons (Fsp3) is 0.250. The van der Waals surface area contributed by atoms with Crippen LogP contribution in [0.2, 0.25) is 0 Å². The highest BCUT2D eigenvalue weighted by molar-refractivity contribution is 7.79. The lowest BCUT2D eigenvalue weighted by molar-refractivity contribution is 0.537. The van der Waals surface area contributed by atoms with Crippen molar-refractivity contribution in [1.82, 2.24) is 0 Å². The predicted molar refractivity (Wildman–Crippen MR) is 48.0 cm³/mol. The SMILES string of the molecule is CN(C)c1ccccc1S(=O)[O-]. The fourth-order valence-electron chi connectivity index (χ4n) is 0.968. The van der Waals surface area contributed by atoms with Gasteiger partial charge in [-0.05, 0) is 23.2 Å². The molecule has 66 valence electrons. The first-order valence-electron chi connectivity index (χ1n) is 3.48. The third-order valence-electron chi connectivity index (χ3n) is 1.53. The van der Waals surface area contributed by atoms with E-state index in [1.165, 1.54) is 0 Å². The average Bonchev–Trinajstić information content (AvgIpc) is 2.04. The van der Waals surface area contributed by atoms with Gasteiger partial charge in [0.1, 0.15) is 0 Å². The molecule has 0 aliphatic rings. The van der Waals surface area contributed by atoms with Crippen molar-refractivity contribution in [2.45, 2.75) is 4.90 Å². The summed E-state index contributed by atoms with van der Waals surface area (Å²) in [6.07, 6.45) is 0. The second-order valence-corrected chi connectivity index (χ2v) is 3.51. The highest BCUT2D eigenvalue weighted by atomic mass is 32.2. The smallest absolute Gasteiger partial charge is 0.0513 e.